The molecule has 0 saturated carbocycles. The molecule has 29 heavy (non-hydrogen) atoms. The molecule has 2 aromatic rings. The van der Waals surface area contributed by atoms with Crippen LogP contribution in [0.5, 0.6) is 5.75 Å². The summed E-state index contributed by atoms with van der Waals surface area (Å²) < 4.78 is 42.4. The number of hydrogen-bond donors (Lipinski definition) is 3. The number of hydrogen-bond acceptors (Lipinski definition) is 4. The smallest absolute Gasteiger partial charge is 0.478 e. The minimum Gasteiger partial charge on any atom is -0.478 e. The molecule has 0 bridgehead atoms. The van der Waals surface area contributed by atoms with Crippen LogP contribution in [0, 0.1) is 0 Å². The van der Waals surface area contributed by atoms with Crippen molar-refractivity contribution in [3.8, 4) is 16.9 Å². The van der Waals surface area contributed by atoms with Gasteiger partial charge in [-0.25, -0.2) is 4.79 Å². The number of nitrogens with one attached hydrogen (secondary N) is 2. The lowest BCUT2D eigenvalue weighted by atomic mass is 10.0. The number of aromatic carboxylic acids is 1. The molecule has 1 atom stereocenters. The molecule has 0 spiro atoms. The van der Waals surface area contributed by atoms with Gasteiger partial charge in [0.05, 0.1) is 5.56 Å². The lowest BCUT2D eigenvalue weighted by Gasteiger charge is -2.16. The molecule has 154 valence electrons. The van der Waals surface area contributed by atoms with Crippen molar-refractivity contribution in [3.05, 3.63) is 48.0 Å². The van der Waals surface area contributed by atoms with Gasteiger partial charge in [0.1, 0.15) is 5.75 Å². The van der Waals surface area contributed by atoms with Gasteiger partial charge < -0.3 is 20.5 Å². The van der Waals surface area contributed by atoms with Crippen molar-refractivity contribution in [1.82, 2.24) is 5.32 Å². The summed E-state index contributed by atoms with van der Waals surface area (Å²) in [5, 5.41) is 14.9. The molecule has 6 nitrogen and oxygen atoms in total. The summed E-state index contributed by atoms with van der Waals surface area (Å²) in [6.07, 6.45) is -2.73. The SMILES string of the molecule is O=C(CC1CCCN1)Nc1ccc(OC(F)(F)F)c(-c2ccc(C(=O)O)cc2)c1. The number of amides is 1. The zero-order chi connectivity index (χ0) is 21.0. The van der Waals surface area contributed by atoms with Crippen molar-refractivity contribution < 1.29 is 32.6 Å². The number of rotatable bonds is 6. The molecule has 1 heterocycles. The number of halogens is 3. The van der Waals surface area contributed by atoms with Gasteiger partial charge in [-0.3, -0.25) is 4.79 Å². The molecule has 9 heteroatoms. The highest BCUT2D eigenvalue weighted by molar-refractivity contribution is 5.93. The summed E-state index contributed by atoms with van der Waals surface area (Å²) in [7, 11) is 0. The summed E-state index contributed by atoms with van der Waals surface area (Å²) >= 11 is 0. The molecule has 3 N–H and O–H groups in total. The van der Waals surface area contributed by atoms with Gasteiger partial charge in [0, 0.05) is 23.7 Å². The highest BCUT2D eigenvalue weighted by Gasteiger charge is 2.32. The number of carboxylic acid groups (broad SMARTS) is 1. The maximum Gasteiger partial charge on any atom is 0.573 e. The predicted molar refractivity (Wildman–Crippen MR) is 99.8 cm³/mol. The van der Waals surface area contributed by atoms with Crippen LogP contribution in [0.2, 0.25) is 0 Å². The lowest BCUT2D eigenvalue weighted by molar-refractivity contribution is -0.274. The van der Waals surface area contributed by atoms with Crippen LogP contribution in [0.25, 0.3) is 11.1 Å². The van der Waals surface area contributed by atoms with Gasteiger partial charge in [0.25, 0.3) is 0 Å². The predicted octanol–water partition coefficient (Wildman–Crippen LogP) is 4.03. The fourth-order valence-corrected chi connectivity index (χ4v) is 3.21. The summed E-state index contributed by atoms with van der Waals surface area (Å²) in [5.74, 6) is -1.85. The van der Waals surface area contributed by atoms with Crippen molar-refractivity contribution in [2.75, 3.05) is 11.9 Å². The summed E-state index contributed by atoms with van der Waals surface area (Å²) in [6, 6.07) is 9.25. The van der Waals surface area contributed by atoms with Crippen molar-refractivity contribution >= 4 is 17.6 Å². The minimum absolute atomic E-state index is 0.000519. The molecule has 0 radical (unpaired) electrons. The van der Waals surface area contributed by atoms with Crippen LogP contribution >= 0.6 is 0 Å². The Balaban J connectivity index is 1.86. The van der Waals surface area contributed by atoms with E-state index in [2.05, 4.69) is 15.4 Å². The Bertz CT molecular complexity index is 892. The van der Waals surface area contributed by atoms with E-state index in [0.29, 0.717) is 11.3 Å². The second kappa shape index (κ2) is 8.52. The monoisotopic (exact) mass is 408 g/mol. The number of carbonyl (C=O) groups excluding carboxylic acids is 1. The fourth-order valence-electron chi connectivity index (χ4n) is 3.21. The maximum absolute atomic E-state index is 12.8. The van der Waals surface area contributed by atoms with Crippen LogP contribution in [-0.4, -0.2) is 35.9 Å². The first-order valence-corrected chi connectivity index (χ1v) is 8.98. The largest absolute Gasteiger partial charge is 0.573 e. The number of carbonyl (C=O) groups is 2. The average Bonchev–Trinajstić information content (AvgIpc) is 3.14. The molecule has 2 aromatic carbocycles. The van der Waals surface area contributed by atoms with E-state index in [4.69, 9.17) is 5.11 Å². The number of anilines is 1. The van der Waals surface area contributed by atoms with E-state index in [1.165, 1.54) is 36.4 Å². The molecule has 1 aliphatic heterocycles. The number of ether oxygens (including phenoxy) is 1. The molecule has 3 rings (SSSR count). The second-order valence-electron chi connectivity index (χ2n) is 6.69. The van der Waals surface area contributed by atoms with Crippen molar-refractivity contribution in [2.45, 2.75) is 31.7 Å². The van der Waals surface area contributed by atoms with Crippen molar-refractivity contribution in [3.63, 3.8) is 0 Å². The molecule has 0 aliphatic carbocycles. The number of alkyl halides is 3. The highest BCUT2D eigenvalue weighted by Crippen LogP contribution is 2.36. The van der Waals surface area contributed by atoms with Gasteiger partial charge >= 0.3 is 12.3 Å². The number of carboxylic acids is 1. The Morgan fingerprint density at radius 2 is 1.90 bits per heavy atom. The van der Waals surface area contributed by atoms with E-state index in [0.717, 1.165) is 25.5 Å². The quantitative estimate of drug-likeness (QED) is 0.672. The zero-order valence-electron chi connectivity index (χ0n) is 15.3. The third-order valence-corrected chi connectivity index (χ3v) is 4.53. The van der Waals surface area contributed by atoms with Crippen LogP contribution in [0.3, 0.4) is 0 Å². The van der Waals surface area contributed by atoms with Gasteiger partial charge in [-0.15, -0.1) is 13.2 Å². The molecule has 0 aromatic heterocycles. The minimum atomic E-state index is -4.89. The first-order chi connectivity index (χ1) is 13.7. The average molecular weight is 408 g/mol. The molecule has 1 aliphatic rings. The Labute approximate surface area is 164 Å². The third-order valence-electron chi connectivity index (χ3n) is 4.53. The molecule has 1 fully saturated rings. The second-order valence-corrected chi connectivity index (χ2v) is 6.69. The third kappa shape index (κ3) is 5.71. The summed E-state index contributed by atoms with van der Waals surface area (Å²) in [5.41, 5.74) is 0.722. The molecule has 1 amide bonds. The first-order valence-electron chi connectivity index (χ1n) is 8.98. The Kier molecular flexibility index (Phi) is 6.07. The van der Waals surface area contributed by atoms with Gasteiger partial charge in [-0.2, -0.15) is 0 Å². The normalized spacial score (nSPS) is 16.4. The van der Waals surface area contributed by atoms with Gasteiger partial charge in [-0.05, 0) is 55.3 Å². The Morgan fingerprint density at radius 1 is 1.17 bits per heavy atom. The summed E-state index contributed by atoms with van der Waals surface area (Å²) in [6.45, 7) is 0.859. The molecular weight excluding hydrogens is 389 g/mol. The topological polar surface area (TPSA) is 87.7 Å². The van der Waals surface area contributed by atoms with Crippen molar-refractivity contribution in [2.24, 2.45) is 0 Å². The zero-order valence-corrected chi connectivity index (χ0v) is 15.3. The molecule has 1 saturated heterocycles. The molecular formula is C20H19F3N2O4. The van der Waals surface area contributed by atoms with Crippen LogP contribution in [0.1, 0.15) is 29.6 Å². The van der Waals surface area contributed by atoms with E-state index in [-0.39, 0.29) is 29.5 Å². The van der Waals surface area contributed by atoms with Gasteiger partial charge in [0.15, 0.2) is 0 Å². The lowest BCUT2D eigenvalue weighted by Crippen LogP contribution is -2.27. The van der Waals surface area contributed by atoms with Crippen molar-refractivity contribution in [1.29, 1.82) is 0 Å². The number of benzene rings is 2. The van der Waals surface area contributed by atoms with Crippen LogP contribution < -0.4 is 15.4 Å². The molecule has 1 unspecified atom stereocenters. The van der Waals surface area contributed by atoms with E-state index in [9.17, 15) is 22.8 Å². The first kappa shape index (κ1) is 20.7. The van der Waals surface area contributed by atoms with E-state index in [1.807, 2.05) is 0 Å². The van der Waals surface area contributed by atoms with Crippen LogP contribution in [-0.2, 0) is 4.79 Å². The van der Waals surface area contributed by atoms with E-state index in [1.54, 1.807) is 0 Å². The van der Waals surface area contributed by atoms with E-state index < -0.39 is 18.1 Å². The Morgan fingerprint density at radius 3 is 2.48 bits per heavy atom. The maximum atomic E-state index is 12.8. The fraction of sp³-hybridized carbons (Fsp3) is 0.300. The standard InChI is InChI=1S/C20H19F3N2O4/c21-20(22,23)29-17-8-7-15(25-18(26)11-14-2-1-9-24-14)10-16(17)12-3-5-13(6-4-12)19(27)28/h3-8,10,14,24H,1-2,9,11H2,(H,25,26)(H,27,28). The Hall–Kier alpha value is -3.07. The highest BCUT2D eigenvalue weighted by atomic mass is 19.4. The van der Waals surface area contributed by atoms with Crippen LogP contribution in [0.15, 0.2) is 42.5 Å². The van der Waals surface area contributed by atoms with Crippen LogP contribution in [0.4, 0.5) is 18.9 Å². The van der Waals surface area contributed by atoms with E-state index >= 15 is 0 Å². The van der Waals surface area contributed by atoms with Gasteiger partial charge in [0.2, 0.25) is 5.91 Å². The van der Waals surface area contributed by atoms with Gasteiger partial charge in [-0.1, -0.05) is 12.1 Å². The summed E-state index contributed by atoms with van der Waals surface area (Å²) in [4.78, 5) is 23.2.